The molecule has 0 radical (unpaired) electrons. The molecule has 0 spiro atoms. The van der Waals surface area contributed by atoms with Gasteiger partial charge in [-0.3, -0.25) is 4.79 Å². The van der Waals surface area contributed by atoms with Crippen LogP contribution in [0, 0.1) is 0 Å². The minimum absolute atomic E-state index is 0.128. The van der Waals surface area contributed by atoms with Crippen molar-refractivity contribution in [2.45, 2.75) is 20.0 Å². The van der Waals surface area contributed by atoms with Gasteiger partial charge < -0.3 is 14.5 Å². The Morgan fingerprint density at radius 2 is 2.29 bits per heavy atom. The number of rotatable bonds is 4. The predicted molar refractivity (Wildman–Crippen MR) is 62.5 cm³/mol. The molecule has 2 aromatic rings. The molecule has 0 unspecified atom stereocenters. The summed E-state index contributed by atoms with van der Waals surface area (Å²) in [6.07, 6.45) is 4.87. The summed E-state index contributed by atoms with van der Waals surface area (Å²) in [6.45, 7) is 2.96. The molecule has 0 aliphatic heterocycles. The van der Waals surface area contributed by atoms with Crippen LogP contribution in [0.1, 0.15) is 12.7 Å². The molecular weight excluding hydrogens is 220 g/mol. The Labute approximate surface area is 98.1 Å². The van der Waals surface area contributed by atoms with Crippen molar-refractivity contribution in [2.24, 2.45) is 7.05 Å². The van der Waals surface area contributed by atoms with E-state index in [1.54, 1.807) is 27.9 Å². The Morgan fingerprint density at radius 1 is 1.47 bits per heavy atom. The van der Waals surface area contributed by atoms with Gasteiger partial charge in [0.15, 0.2) is 11.6 Å². The van der Waals surface area contributed by atoms with Crippen molar-refractivity contribution in [1.82, 2.24) is 24.3 Å². The first-order valence-corrected chi connectivity index (χ1v) is 5.34. The first-order valence-electron chi connectivity index (χ1n) is 5.34. The fraction of sp³-hybridized carbons (Fsp3) is 0.400. The van der Waals surface area contributed by atoms with E-state index in [1.807, 2.05) is 14.0 Å². The Kier molecular flexibility index (Phi) is 3.17. The molecule has 2 aromatic heterocycles. The van der Waals surface area contributed by atoms with Crippen LogP contribution in [-0.2, 0) is 20.1 Å². The van der Waals surface area contributed by atoms with Crippen molar-refractivity contribution in [3.63, 3.8) is 0 Å². The lowest BCUT2D eigenvalue weighted by Crippen LogP contribution is -2.24. The van der Waals surface area contributed by atoms with Gasteiger partial charge in [-0.25, -0.2) is 4.98 Å². The molecule has 0 saturated carbocycles. The van der Waals surface area contributed by atoms with Gasteiger partial charge in [0.2, 0.25) is 0 Å². The topological polar surface area (TPSA) is 77.6 Å². The maximum Gasteiger partial charge on any atom is 0.293 e. The van der Waals surface area contributed by atoms with Gasteiger partial charge in [-0.1, -0.05) is 0 Å². The molecule has 7 nitrogen and oxygen atoms in total. The molecule has 0 fully saturated rings. The van der Waals surface area contributed by atoms with Crippen LogP contribution < -0.4 is 10.9 Å². The van der Waals surface area contributed by atoms with E-state index in [2.05, 4.69) is 20.5 Å². The molecular formula is C10H14N6O. The average Bonchev–Trinajstić information content (AvgIpc) is 2.74. The second-order valence-corrected chi connectivity index (χ2v) is 3.58. The van der Waals surface area contributed by atoms with Crippen LogP contribution in [0.15, 0.2) is 23.5 Å². The summed E-state index contributed by atoms with van der Waals surface area (Å²) in [5, 5.41) is 10.6. The molecule has 2 heterocycles. The summed E-state index contributed by atoms with van der Waals surface area (Å²) in [5.74, 6) is 1.08. The van der Waals surface area contributed by atoms with Crippen LogP contribution in [0.5, 0.6) is 0 Å². The number of anilines is 1. The molecule has 0 aromatic carbocycles. The Bertz CT molecular complexity index is 558. The third kappa shape index (κ3) is 2.32. The number of hydrogen-bond acceptors (Lipinski definition) is 5. The molecule has 0 bridgehead atoms. The maximum atomic E-state index is 11.8. The second kappa shape index (κ2) is 4.77. The van der Waals surface area contributed by atoms with Crippen molar-refractivity contribution in [3.05, 3.63) is 34.9 Å². The lowest BCUT2D eigenvalue weighted by atomic mass is 10.5. The van der Waals surface area contributed by atoms with Crippen LogP contribution in [0.4, 0.5) is 5.82 Å². The van der Waals surface area contributed by atoms with E-state index in [0.717, 1.165) is 5.82 Å². The maximum absolute atomic E-state index is 11.8. The van der Waals surface area contributed by atoms with Crippen molar-refractivity contribution < 1.29 is 0 Å². The van der Waals surface area contributed by atoms with Crippen LogP contribution in [-0.4, -0.2) is 24.3 Å². The SMILES string of the molecule is CCn1ccnc(NCc2nncn2C)c1=O. The third-order valence-electron chi connectivity index (χ3n) is 2.47. The smallest absolute Gasteiger partial charge is 0.293 e. The fourth-order valence-electron chi connectivity index (χ4n) is 1.45. The molecule has 1 N–H and O–H groups in total. The van der Waals surface area contributed by atoms with Crippen LogP contribution in [0.2, 0.25) is 0 Å². The van der Waals surface area contributed by atoms with Gasteiger partial charge in [-0.15, -0.1) is 10.2 Å². The van der Waals surface area contributed by atoms with E-state index in [-0.39, 0.29) is 5.56 Å². The van der Waals surface area contributed by atoms with Gasteiger partial charge in [0.25, 0.3) is 5.56 Å². The van der Waals surface area contributed by atoms with Gasteiger partial charge in [-0.2, -0.15) is 0 Å². The number of nitrogens with one attached hydrogen (secondary N) is 1. The summed E-state index contributed by atoms with van der Waals surface area (Å²) < 4.78 is 3.38. The van der Waals surface area contributed by atoms with Crippen LogP contribution in [0.3, 0.4) is 0 Å². The highest BCUT2D eigenvalue weighted by atomic mass is 16.1. The summed E-state index contributed by atoms with van der Waals surface area (Å²) in [4.78, 5) is 15.9. The molecule has 0 atom stereocenters. The van der Waals surface area contributed by atoms with Crippen LogP contribution >= 0.6 is 0 Å². The Morgan fingerprint density at radius 3 is 2.94 bits per heavy atom. The zero-order valence-electron chi connectivity index (χ0n) is 9.79. The Hall–Kier alpha value is -2.18. The zero-order chi connectivity index (χ0) is 12.3. The first kappa shape index (κ1) is 11.3. The molecule has 0 amide bonds. The Balaban J connectivity index is 2.15. The van der Waals surface area contributed by atoms with Crippen molar-refractivity contribution in [2.75, 3.05) is 5.32 Å². The number of nitrogens with zero attached hydrogens (tertiary/aromatic N) is 5. The molecule has 0 saturated heterocycles. The molecule has 7 heteroatoms. The van der Waals surface area contributed by atoms with E-state index < -0.39 is 0 Å². The average molecular weight is 234 g/mol. The molecule has 0 aliphatic rings. The van der Waals surface area contributed by atoms with Crippen molar-refractivity contribution in [3.8, 4) is 0 Å². The minimum Gasteiger partial charge on any atom is -0.358 e. The highest BCUT2D eigenvalue weighted by molar-refractivity contribution is 5.30. The minimum atomic E-state index is -0.128. The van der Waals surface area contributed by atoms with E-state index in [0.29, 0.717) is 18.9 Å². The molecule has 0 aliphatic carbocycles. The van der Waals surface area contributed by atoms with E-state index >= 15 is 0 Å². The number of aryl methyl sites for hydroxylation is 2. The largest absolute Gasteiger partial charge is 0.358 e. The van der Waals surface area contributed by atoms with Crippen LogP contribution in [0.25, 0.3) is 0 Å². The van der Waals surface area contributed by atoms with Gasteiger partial charge in [0.05, 0.1) is 6.54 Å². The van der Waals surface area contributed by atoms with E-state index in [1.165, 1.54) is 0 Å². The van der Waals surface area contributed by atoms with Gasteiger partial charge in [0, 0.05) is 26.0 Å². The van der Waals surface area contributed by atoms with E-state index in [4.69, 9.17) is 0 Å². The summed E-state index contributed by atoms with van der Waals surface area (Å²) >= 11 is 0. The predicted octanol–water partition coefficient (Wildman–Crippen LogP) is 0.00380. The molecule has 90 valence electrons. The normalized spacial score (nSPS) is 10.5. The molecule has 2 rings (SSSR count). The highest BCUT2D eigenvalue weighted by Gasteiger charge is 2.05. The highest BCUT2D eigenvalue weighted by Crippen LogP contribution is 1.97. The van der Waals surface area contributed by atoms with E-state index in [9.17, 15) is 4.79 Å². The zero-order valence-corrected chi connectivity index (χ0v) is 9.79. The summed E-state index contributed by atoms with van der Waals surface area (Å²) in [7, 11) is 1.85. The van der Waals surface area contributed by atoms with Gasteiger partial charge >= 0.3 is 0 Å². The lowest BCUT2D eigenvalue weighted by molar-refractivity contribution is 0.716. The third-order valence-corrected chi connectivity index (χ3v) is 2.47. The fourth-order valence-corrected chi connectivity index (χ4v) is 1.45. The van der Waals surface area contributed by atoms with Gasteiger partial charge in [0.1, 0.15) is 6.33 Å². The summed E-state index contributed by atoms with van der Waals surface area (Å²) in [6, 6.07) is 0. The quantitative estimate of drug-likeness (QED) is 0.806. The van der Waals surface area contributed by atoms with Gasteiger partial charge in [-0.05, 0) is 6.92 Å². The second-order valence-electron chi connectivity index (χ2n) is 3.58. The van der Waals surface area contributed by atoms with Crippen molar-refractivity contribution in [1.29, 1.82) is 0 Å². The number of aromatic nitrogens is 5. The standard InChI is InChI=1S/C10H14N6O/c1-3-16-5-4-11-9(10(16)17)12-6-8-14-13-7-15(8)2/h4-5,7H,3,6H2,1-2H3,(H,11,12). The monoisotopic (exact) mass is 234 g/mol. The number of hydrogen-bond donors (Lipinski definition) is 1. The van der Waals surface area contributed by atoms with Crippen molar-refractivity contribution >= 4 is 5.82 Å². The molecule has 17 heavy (non-hydrogen) atoms. The lowest BCUT2D eigenvalue weighted by Gasteiger charge is -2.06. The summed E-state index contributed by atoms with van der Waals surface area (Å²) in [5.41, 5.74) is -0.128. The first-order chi connectivity index (χ1) is 8.22.